The van der Waals surface area contributed by atoms with E-state index in [0.29, 0.717) is 23.4 Å². The van der Waals surface area contributed by atoms with E-state index < -0.39 is 0 Å². The summed E-state index contributed by atoms with van der Waals surface area (Å²) in [7, 11) is 0. The normalized spacial score (nSPS) is 9.72. The molecule has 2 aromatic rings. The summed E-state index contributed by atoms with van der Waals surface area (Å²) >= 11 is 0. The minimum Gasteiger partial charge on any atom is -0.508 e. The van der Waals surface area contributed by atoms with Crippen LogP contribution in [0.3, 0.4) is 0 Å². The van der Waals surface area contributed by atoms with Crippen molar-refractivity contribution in [2.75, 3.05) is 5.32 Å². The molecule has 4 nitrogen and oxygen atoms in total. The third-order valence-electron chi connectivity index (χ3n) is 2.59. The highest BCUT2D eigenvalue weighted by Crippen LogP contribution is 2.24. The molecule has 0 bridgehead atoms. The van der Waals surface area contributed by atoms with Gasteiger partial charge in [-0.25, -0.2) is 0 Å². The van der Waals surface area contributed by atoms with E-state index in [0.717, 1.165) is 0 Å². The van der Waals surface area contributed by atoms with Gasteiger partial charge in [0.25, 0.3) is 0 Å². The summed E-state index contributed by atoms with van der Waals surface area (Å²) < 4.78 is 0. The topological polar surface area (TPSA) is 76.3 Å². The molecule has 90 valence electrons. The van der Waals surface area contributed by atoms with Crippen molar-refractivity contribution in [3.8, 4) is 17.6 Å². The van der Waals surface area contributed by atoms with Gasteiger partial charge in [0.2, 0.25) is 0 Å². The maximum atomic E-state index is 9.63. The lowest BCUT2D eigenvalue weighted by molar-refractivity contribution is 0.446. The summed E-state index contributed by atoms with van der Waals surface area (Å²) in [6.07, 6.45) is 0. The Labute approximate surface area is 105 Å². The predicted molar refractivity (Wildman–Crippen MR) is 68.3 cm³/mol. The van der Waals surface area contributed by atoms with Crippen LogP contribution < -0.4 is 5.32 Å². The molecule has 3 N–H and O–H groups in total. The number of nitrogens with zero attached hydrogens (tertiary/aromatic N) is 1. The Morgan fingerprint density at radius 1 is 1.11 bits per heavy atom. The van der Waals surface area contributed by atoms with Gasteiger partial charge < -0.3 is 15.5 Å². The number of aromatic hydroxyl groups is 2. The molecule has 0 aliphatic rings. The van der Waals surface area contributed by atoms with Crippen LogP contribution in [0.25, 0.3) is 0 Å². The van der Waals surface area contributed by atoms with Crippen LogP contribution in [0, 0.1) is 11.3 Å². The van der Waals surface area contributed by atoms with Gasteiger partial charge in [-0.1, -0.05) is 12.1 Å². The number of para-hydroxylation sites is 1. The van der Waals surface area contributed by atoms with Crippen molar-refractivity contribution in [1.29, 1.82) is 5.26 Å². The summed E-state index contributed by atoms with van der Waals surface area (Å²) in [4.78, 5) is 0. The third kappa shape index (κ3) is 2.53. The Hall–Kier alpha value is -2.67. The lowest BCUT2D eigenvalue weighted by Gasteiger charge is -2.09. The van der Waals surface area contributed by atoms with Gasteiger partial charge in [0.05, 0.1) is 11.3 Å². The van der Waals surface area contributed by atoms with E-state index in [2.05, 4.69) is 11.4 Å². The average molecular weight is 240 g/mol. The lowest BCUT2D eigenvalue weighted by atomic mass is 10.1. The van der Waals surface area contributed by atoms with Gasteiger partial charge in [0, 0.05) is 18.2 Å². The summed E-state index contributed by atoms with van der Waals surface area (Å²) in [5.41, 5.74) is 1.92. The van der Waals surface area contributed by atoms with Gasteiger partial charge in [-0.05, 0) is 24.3 Å². The minimum absolute atomic E-state index is 0.0219. The molecule has 0 saturated carbocycles. The Morgan fingerprint density at radius 3 is 2.61 bits per heavy atom. The first-order valence-corrected chi connectivity index (χ1v) is 5.44. The third-order valence-corrected chi connectivity index (χ3v) is 2.59. The largest absolute Gasteiger partial charge is 0.508 e. The summed E-state index contributed by atoms with van der Waals surface area (Å²) in [6, 6.07) is 13.7. The molecule has 0 amide bonds. The SMILES string of the molecule is N#Cc1ccccc1NCc1ccc(O)cc1O. The number of nitriles is 1. The molecule has 0 atom stereocenters. The fraction of sp³-hybridized carbons (Fsp3) is 0.0714. The molecule has 2 aromatic carbocycles. The molecular weight excluding hydrogens is 228 g/mol. The zero-order valence-electron chi connectivity index (χ0n) is 9.59. The van der Waals surface area contributed by atoms with Crippen LogP contribution in [0.1, 0.15) is 11.1 Å². The minimum atomic E-state index is 0.0219. The van der Waals surface area contributed by atoms with Gasteiger partial charge in [-0.3, -0.25) is 0 Å². The second kappa shape index (κ2) is 5.11. The van der Waals surface area contributed by atoms with Crippen LogP contribution in [0.15, 0.2) is 42.5 Å². The van der Waals surface area contributed by atoms with E-state index in [1.54, 1.807) is 24.3 Å². The zero-order valence-corrected chi connectivity index (χ0v) is 9.59. The quantitative estimate of drug-likeness (QED) is 0.770. The molecule has 0 spiro atoms. The van der Waals surface area contributed by atoms with Crippen molar-refractivity contribution in [2.24, 2.45) is 0 Å². The molecule has 18 heavy (non-hydrogen) atoms. The fourth-order valence-electron chi connectivity index (χ4n) is 1.63. The van der Waals surface area contributed by atoms with E-state index in [1.165, 1.54) is 12.1 Å². The predicted octanol–water partition coefficient (Wildman–Crippen LogP) is 2.58. The van der Waals surface area contributed by atoms with Crippen molar-refractivity contribution < 1.29 is 10.2 Å². The standard InChI is InChI=1S/C14H12N2O2/c15-8-10-3-1-2-4-13(10)16-9-11-5-6-12(17)7-14(11)18/h1-7,16-18H,9H2. The van der Waals surface area contributed by atoms with Gasteiger partial charge in [0.15, 0.2) is 0 Å². The highest BCUT2D eigenvalue weighted by molar-refractivity contribution is 5.57. The molecule has 0 radical (unpaired) electrons. The smallest absolute Gasteiger partial charge is 0.124 e. The Kier molecular flexibility index (Phi) is 3.35. The van der Waals surface area contributed by atoms with Gasteiger partial charge in [0.1, 0.15) is 17.6 Å². The fourth-order valence-corrected chi connectivity index (χ4v) is 1.63. The van der Waals surface area contributed by atoms with Crippen molar-refractivity contribution in [1.82, 2.24) is 0 Å². The summed E-state index contributed by atoms with van der Waals surface area (Å²) in [5, 5.41) is 30.8. The highest BCUT2D eigenvalue weighted by atomic mass is 16.3. The van der Waals surface area contributed by atoms with Gasteiger partial charge in [-0.2, -0.15) is 5.26 Å². The average Bonchev–Trinajstić information content (AvgIpc) is 2.38. The molecule has 2 rings (SSSR count). The number of hydrogen-bond acceptors (Lipinski definition) is 4. The molecule has 0 unspecified atom stereocenters. The first-order valence-electron chi connectivity index (χ1n) is 5.44. The number of nitrogens with one attached hydrogen (secondary N) is 1. The number of phenols is 2. The number of anilines is 1. The van der Waals surface area contributed by atoms with E-state index >= 15 is 0 Å². The van der Waals surface area contributed by atoms with E-state index in [9.17, 15) is 10.2 Å². The Bertz CT molecular complexity index is 603. The molecule has 0 aromatic heterocycles. The van der Waals surface area contributed by atoms with E-state index in [1.807, 2.05) is 6.07 Å². The maximum Gasteiger partial charge on any atom is 0.124 e. The second-order valence-corrected chi connectivity index (χ2v) is 3.82. The van der Waals surface area contributed by atoms with Crippen molar-refractivity contribution in [3.63, 3.8) is 0 Å². The number of benzene rings is 2. The van der Waals surface area contributed by atoms with E-state index in [-0.39, 0.29) is 11.5 Å². The molecule has 0 fully saturated rings. The van der Waals surface area contributed by atoms with Crippen LogP contribution in [-0.4, -0.2) is 10.2 Å². The maximum absolute atomic E-state index is 9.63. The van der Waals surface area contributed by atoms with Crippen LogP contribution in [0.2, 0.25) is 0 Å². The van der Waals surface area contributed by atoms with Crippen molar-refractivity contribution in [3.05, 3.63) is 53.6 Å². The molecular formula is C14H12N2O2. The van der Waals surface area contributed by atoms with Gasteiger partial charge in [-0.15, -0.1) is 0 Å². The molecule has 0 saturated heterocycles. The highest BCUT2D eigenvalue weighted by Gasteiger charge is 2.04. The van der Waals surface area contributed by atoms with Gasteiger partial charge >= 0.3 is 0 Å². The van der Waals surface area contributed by atoms with Crippen LogP contribution in [0.5, 0.6) is 11.5 Å². The first kappa shape index (κ1) is 11.8. The van der Waals surface area contributed by atoms with Crippen LogP contribution in [0.4, 0.5) is 5.69 Å². The molecule has 0 heterocycles. The molecule has 0 aliphatic heterocycles. The summed E-state index contributed by atoms with van der Waals surface area (Å²) in [6.45, 7) is 0.380. The number of hydrogen-bond donors (Lipinski definition) is 3. The van der Waals surface area contributed by atoms with Crippen LogP contribution >= 0.6 is 0 Å². The number of phenolic OH excluding ortho intramolecular Hbond substituents is 2. The van der Waals surface area contributed by atoms with Crippen LogP contribution in [-0.2, 0) is 6.54 Å². The van der Waals surface area contributed by atoms with E-state index in [4.69, 9.17) is 5.26 Å². The molecule has 4 heteroatoms. The molecule has 0 aliphatic carbocycles. The first-order chi connectivity index (χ1) is 8.70. The zero-order chi connectivity index (χ0) is 13.0. The lowest BCUT2D eigenvalue weighted by Crippen LogP contribution is -2.01. The Balaban J connectivity index is 2.14. The monoisotopic (exact) mass is 240 g/mol. The number of rotatable bonds is 3. The van der Waals surface area contributed by atoms with Crippen molar-refractivity contribution in [2.45, 2.75) is 6.54 Å². The Morgan fingerprint density at radius 2 is 1.89 bits per heavy atom. The second-order valence-electron chi connectivity index (χ2n) is 3.82. The summed E-state index contributed by atoms with van der Waals surface area (Å²) in [5.74, 6) is 0.0469. The van der Waals surface area contributed by atoms with Crippen molar-refractivity contribution >= 4 is 5.69 Å².